The Morgan fingerprint density at radius 1 is 1.40 bits per heavy atom. The fraction of sp³-hybridized carbons (Fsp3) is 0.500. The molecule has 1 heterocycles. The monoisotopic (exact) mass is 203 g/mol. The van der Waals surface area contributed by atoms with Crippen molar-refractivity contribution in [3.8, 4) is 6.19 Å². The quantitative estimate of drug-likeness (QED) is 0.574. The van der Waals surface area contributed by atoms with Gasteiger partial charge >= 0.3 is 0 Å². The van der Waals surface area contributed by atoms with E-state index in [0.717, 1.165) is 18.3 Å². The number of hydrogen-bond acceptors (Lipinski definition) is 5. The van der Waals surface area contributed by atoms with Gasteiger partial charge in [-0.1, -0.05) is 6.42 Å². The third kappa shape index (κ3) is 2.56. The number of nitriles is 1. The third-order valence-electron chi connectivity index (χ3n) is 2.65. The molecule has 5 nitrogen and oxygen atoms in total. The molecule has 0 radical (unpaired) electrons. The van der Waals surface area contributed by atoms with E-state index in [1.54, 1.807) is 6.07 Å². The zero-order valence-corrected chi connectivity index (χ0v) is 8.40. The maximum absolute atomic E-state index is 8.43. The summed E-state index contributed by atoms with van der Waals surface area (Å²) in [4.78, 5) is 7.99. The molecule has 0 unspecified atom stereocenters. The molecule has 1 fully saturated rings. The van der Waals surface area contributed by atoms with Crippen molar-refractivity contribution in [2.24, 2.45) is 5.92 Å². The van der Waals surface area contributed by atoms with Crippen molar-refractivity contribution >= 4 is 11.6 Å². The largest absolute Gasteiger partial charge is 0.370 e. The van der Waals surface area contributed by atoms with Gasteiger partial charge in [0.05, 0.1) is 0 Å². The fourth-order valence-electron chi connectivity index (χ4n) is 1.53. The van der Waals surface area contributed by atoms with Crippen molar-refractivity contribution in [3.05, 3.63) is 12.4 Å². The van der Waals surface area contributed by atoms with Gasteiger partial charge in [-0.25, -0.2) is 9.97 Å². The summed E-state index contributed by atoms with van der Waals surface area (Å²) < 4.78 is 0. The van der Waals surface area contributed by atoms with Crippen LogP contribution in [0.4, 0.5) is 11.6 Å². The van der Waals surface area contributed by atoms with Crippen molar-refractivity contribution < 1.29 is 0 Å². The zero-order valence-electron chi connectivity index (χ0n) is 8.40. The summed E-state index contributed by atoms with van der Waals surface area (Å²) in [5.41, 5.74) is 0. The highest BCUT2D eigenvalue weighted by atomic mass is 15.1. The molecular weight excluding hydrogens is 190 g/mol. The van der Waals surface area contributed by atoms with Crippen molar-refractivity contribution in [2.75, 3.05) is 17.2 Å². The standard InChI is InChI=1S/C10H13N5/c11-6-13-10-4-9(14-7-15-10)12-5-8-2-1-3-8/h4,7-8H,1-3,5H2,(H2,12,13,14,15). The molecule has 0 aromatic carbocycles. The van der Waals surface area contributed by atoms with E-state index in [9.17, 15) is 0 Å². The molecule has 0 amide bonds. The summed E-state index contributed by atoms with van der Waals surface area (Å²) in [5, 5.41) is 14.2. The van der Waals surface area contributed by atoms with E-state index in [1.807, 2.05) is 6.19 Å². The molecule has 0 bridgehead atoms. The SMILES string of the molecule is N#CNc1cc(NCC2CCC2)ncn1. The highest BCUT2D eigenvalue weighted by Gasteiger charge is 2.16. The van der Waals surface area contributed by atoms with Crippen molar-refractivity contribution in [1.82, 2.24) is 9.97 Å². The Hall–Kier alpha value is -1.83. The summed E-state index contributed by atoms with van der Waals surface area (Å²) in [5.74, 6) is 2.09. The molecule has 1 aromatic rings. The minimum Gasteiger partial charge on any atom is -0.370 e. The van der Waals surface area contributed by atoms with Gasteiger partial charge in [0.15, 0.2) is 6.19 Å². The van der Waals surface area contributed by atoms with Crippen LogP contribution in [0.3, 0.4) is 0 Å². The lowest BCUT2D eigenvalue weighted by molar-refractivity contribution is 0.333. The van der Waals surface area contributed by atoms with E-state index >= 15 is 0 Å². The summed E-state index contributed by atoms with van der Waals surface area (Å²) >= 11 is 0. The van der Waals surface area contributed by atoms with Crippen LogP contribution in [-0.2, 0) is 0 Å². The first-order valence-electron chi connectivity index (χ1n) is 5.09. The third-order valence-corrected chi connectivity index (χ3v) is 2.65. The molecule has 1 aromatic heterocycles. The van der Waals surface area contributed by atoms with Gasteiger partial charge in [-0.2, -0.15) is 5.26 Å². The van der Waals surface area contributed by atoms with Gasteiger partial charge in [0, 0.05) is 12.6 Å². The van der Waals surface area contributed by atoms with Gasteiger partial charge in [0.1, 0.15) is 18.0 Å². The second-order valence-corrected chi connectivity index (χ2v) is 3.70. The van der Waals surface area contributed by atoms with Crippen LogP contribution in [0.15, 0.2) is 12.4 Å². The van der Waals surface area contributed by atoms with Gasteiger partial charge in [0.25, 0.3) is 0 Å². The predicted octanol–water partition coefficient (Wildman–Crippen LogP) is 1.58. The summed E-state index contributed by atoms with van der Waals surface area (Å²) in [6, 6.07) is 1.74. The van der Waals surface area contributed by atoms with Gasteiger partial charge in [-0.3, -0.25) is 5.32 Å². The van der Waals surface area contributed by atoms with Crippen LogP contribution in [0.25, 0.3) is 0 Å². The van der Waals surface area contributed by atoms with Crippen molar-refractivity contribution in [3.63, 3.8) is 0 Å². The van der Waals surface area contributed by atoms with Crippen LogP contribution in [0.5, 0.6) is 0 Å². The second-order valence-electron chi connectivity index (χ2n) is 3.70. The average molecular weight is 203 g/mol. The Morgan fingerprint density at radius 2 is 2.20 bits per heavy atom. The van der Waals surface area contributed by atoms with E-state index in [1.165, 1.54) is 25.6 Å². The van der Waals surface area contributed by atoms with Crippen molar-refractivity contribution in [1.29, 1.82) is 5.26 Å². The van der Waals surface area contributed by atoms with E-state index in [0.29, 0.717) is 5.82 Å². The lowest BCUT2D eigenvalue weighted by Gasteiger charge is -2.25. The number of nitrogens with zero attached hydrogens (tertiary/aromatic N) is 3. The molecule has 15 heavy (non-hydrogen) atoms. The number of aromatic nitrogens is 2. The maximum Gasteiger partial charge on any atom is 0.182 e. The average Bonchev–Trinajstić information content (AvgIpc) is 2.16. The molecule has 2 N–H and O–H groups in total. The summed E-state index contributed by atoms with van der Waals surface area (Å²) in [6.07, 6.45) is 7.24. The molecular formula is C10H13N5. The van der Waals surface area contributed by atoms with Crippen LogP contribution in [-0.4, -0.2) is 16.5 Å². The number of rotatable bonds is 4. The lowest BCUT2D eigenvalue weighted by Crippen LogP contribution is -2.21. The van der Waals surface area contributed by atoms with Crippen LogP contribution >= 0.6 is 0 Å². The van der Waals surface area contributed by atoms with E-state index in [2.05, 4.69) is 20.6 Å². The number of anilines is 2. The Balaban J connectivity index is 1.89. The molecule has 2 rings (SSSR count). The van der Waals surface area contributed by atoms with Gasteiger partial charge < -0.3 is 5.32 Å². The topological polar surface area (TPSA) is 73.6 Å². The lowest BCUT2D eigenvalue weighted by atomic mass is 9.85. The first-order valence-corrected chi connectivity index (χ1v) is 5.09. The van der Waals surface area contributed by atoms with Gasteiger partial charge in [0.2, 0.25) is 0 Å². The highest BCUT2D eigenvalue weighted by Crippen LogP contribution is 2.26. The molecule has 5 heteroatoms. The van der Waals surface area contributed by atoms with E-state index in [4.69, 9.17) is 5.26 Å². The maximum atomic E-state index is 8.43. The minimum atomic E-state index is 0.531. The Kier molecular flexibility index (Phi) is 2.98. The summed E-state index contributed by atoms with van der Waals surface area (Å²) in [6.45, 7) is 0.961. The number of hydrogen-bond donors (Lipinski definition) is 2. The molecule has 1 aliphatic carbocycles. The number of nitrogens with one attached hydrogen (secondary N) is 2. The van der Waals surface area contributed by atoms with E-state index in [-0.39, 0.29) is 0 Å². The fourth-order valence-corrected chi connectivity index (χ4v) is 1.53. The Bertz CT molecular complexity index is 366. The normalized spacial score (nSPS) is 15.1. The van der Waals surface area contributed by atoms with Crippen molar-refractivity contribution in [2.45, 2.75) is 19.3 Å². The van der Waals surface area contributed by atoms with Gasteiger partial charge in [-0.05, 0) is 18.8 Å². The van der Waals surface area contributed by atoms with Crippen LogP contribution in [0, 0.1) is 17.4 Å². The molecule has 0 atom stereocenters. The highest BCUT2D eigenvalue weighted by molar-refractivity contribution is 5.48. The summed E-state index contributed by atoms with van der Waals surface area (Å²) in [7, 11) is 0. The Morgan fingerprint density at radius 3 is 2.87 bits per heavy atom. The first-order chi connectivity index (χ1) is 7.38. The zero-order chi connectivity index (χ0) is 10.5. The minimum absolute atomic E-state index is 0.531. The molecule has 1 saturated carbocycles. The molecule has 0 spiro atoms. The first kappa shape index (κ1) is 9.71. The van der Waals surface area contributed by atoms with Crippen LogP contribution in [0.2, 0.25) is 0 Å². The molecule has 0 saturated heterocycles. The van der Waals surface area contributed by atoms with E-state index < -0.39 is 0 Å². The smallest absolute Gasteiger partial charge is 0.182 e. The Labute approximate surface area is 88.5 Å². The molecule has 1 aliphatic rings. The van der Waals surface area contributed by atoms with Gasteiger partial charge in [-0.15, -0.1) is 0 Å². The second kappa shape index (κ2) is 4.60. The van der Waals surface area contributed by atoms with Crippen LogP contribution < -0.4 is 10.6 Å². The molecule has 0 aliphatic heterocycles. The predicted molar refractivity (Wildman–Crippen MR) is 57.1 cm³/mol. The van der Waals surface area contributed by atoms with Crippen LogP contribution in [0.1, 0.15) is 19.3 Å². The molecule has 78 valence electrons.